The van der Waals surface area contributed by atoms with Crippen molar-refractivity contribution in [2.24, 2.45) is 0 Å². The van der Waals surface area contributed by atoms with E-state index in [1.54, 1.807) is 0 Å². The molecule has 1 aromatic carbocycles. The lowest BCUT2D eigenvalue weighted by Crippen LogP contribution is -2.24. The van der Waals surface area contributed by atoms with Gasteiger partial charge in [-0.2, -0.15) is 5.10 Å². The number of aromatic nitrogens is 3. The van der Waals surface area contributed by atoms with Crippen LogP contribution in [-0.4, -0.2) is 27.6 Å². The van der Waals surface area contributed by atoms with E-state index in [4.69, 9.17) is 0 Å². The van der Waals surface area contributed by atoms with Crippen molar-refractivity contribution < 1.29 is 4.79 Å². The van der Waals surface area contributed by atoms with Gasteiger partial charge in [-0.25, -0.2) is 4.98 Å². The Hall–Kier alpha value is -2.61. The van der Waals surface area contributed by atoms with Crippen LogP contribution in [0.1, 0.15) is 11.4 Å². The summed E-state index contributed by atoms with van der Waals surface area (Å²) in [6, 6.07) is 9.38. The van der Waals surface area contributed by atoms with Crippen LogP contribution >= 0.6 is 0 Å². The maximum Gasteiger partial charge on any atom is 0.296 e. The van der Waals surface area contributed by atoms with Crippen LogP contribution in [0.25, 0.3) is 0 Å². The minimum atomic E-state index is -0.293. The fourth-order valence-electron chi connectivity index (χ4n) is 1.34. The minimum absolute atomic E-state index is 0.293. The second-order valence-electron chi connectivity index (χ2n) is 3.55. The number of aromatic amines is 1. The summed E-state index contributed by atoms with van der Waals surface area (Å²) in [5.41, 5.74) is 0.822. The predicted octanol–water partition coefficient (Wildman–Crippen LogP) is 0.515. The van der Waals surface area contributed by atoms with Gasteiger partial charge in [0.2, 0.25) is 0 Å². The minimum Gasteiger partial charge on any atom is -0.345 e. The highest BCUT2D eigenvalue weighted by Crippen LogP contribution is 1.94. The molecular formula is C13H12N4O. The van der Waals surface area contributed by atoms with Gasteiger partial charge in [0.15, 0.2) is 0 Å². The van der Waals surface area contributed by atoms with Gasteiger partial charge in [-0.1, -0.05) is 24.1 Å². The number of hydrogen-bond donors (Lipinski definition) is 2. The van der Waals surface area contributed by atoms with Crippen molar-refractivity contribution in [1.82, 2.24) is 20.5 Å². The number of hydrogen-bond acceptors (Lipinski definition) is 3. The van der Waals surface area contributed by atoms with Gasteiger partial charge >= 0.3 is 0 Å². The summed E-state index contributed by atoms with van der Waals surface area (Å²) in [6.07, 6.45) is 2.05. The van der Waals surface area contributed by atoms with Crippen molar-refractivity contribution in [2.75, 3.05) is 6.54 Å². The summed E-state index contributed by atoms with van der Waals surface area (Å²) in [6.45, 7) is 0.484. The van der Waals surface area contributed by atoms with E-state index in [1.165, 1.54) is 6.33 Å². The first kappa shape index (κ1) is 11.9. The molecular weight excluding hydrogens is 228 g/mol. The molecule has 0 spiro atoms. The van der Waals surface area contributed by atoms with Crippen molar-refractivity contribution in [3.05, 3.63) is 48.0 Å². The monoisotopic (exact) mass is 240 g/mol. The molecule has 0 bridgehead atoms. The number of carbonyl (C=O) groups is 1. The summed E-state index contributed by atoms with van der Waals surface area (Å²) in [4.78, 5) is 15.4. The molecule has 0 fully saturated rings. The Balaban J connectivity index is 1.77. The molecule has 0 aliphatic carbocycles. The molecule has 0 unspecified atom stereocenters. The van der Waals surface area contributed by atoms with Gasteiger partial charge in [-0.3, -0.25) is 9.89 Å². The van der Waals surface area contributed by atoms with Gasteiger partial charge in [0.25, 0.3) is 5.91 Å². The number of H-pyrrole nitrogens is 1. The largest absolute Gasteiger partial charge is 0.345 e. The van der Waals surface area contributed by atoms with E-state index < -0.39 is 0 Å². The molecule has 0 aliphatic rings. The molecule has 90 valence electrons. The Morgan fingerprint density at radius 2 is 2.17 bits per heavy atom. The SMILES string of the molecule is O=C(C#Cc1ccccc1)NCCc1ncn[nH]1. The van der Waals surface area contributed by atoms with Gasteiger partial charge in [0.1, 0.15) is 12.2 Å². The molecule has 5 heteroatoms. The number of rotatable bonds is 3. The number of amides is 1. The van der Waals surface area contributed by atoms with E-state index in [1.807, 2.05) is 30.3 Å². The van der Waals surface area contributed by atoms with Crippen LogP contribution in [0, 0.1) is 11.8 Å². The molecule has 2 aromatic rings. The van der Waals surface area contributed by atoms with E-state index in [2.05, 4.69) is 32.3 Å². The zero-order valence-corrected chi connectivity index (χ0v) is 9.68. The normalized spacial score (nSPS) is 9.33. The fourth-order valence-corrected chi connectivity index (χ4v) is 1.34. The molecule has 1 amide bonds. The molecule has 18 heavy (non-hydrogen) atoms. The second kappa shape index (κ2) is 6.21. The van der Waals surface area contributed by atoms with Crippen molar-refractivity contribution in [3.63, 3.8) is 0 Å². The third-order valence-electron chi connectivity index (χ3n) is 2.21. The summed E-state index contributed by atoms with van der Waals surface area (Å²) in [5.74, 6) is 5.77. The van der Waals surface area contributed by atoms with Crippen LogP contribution in [0.4, 0.5) is 0 Å². The van der Waals surface area contributed by atoms with Gasteiger partial charge in [-0.05, 0) is 12.1 Å². The molecule has 1 aromatic heterocycles. The molecule has 0 radical (unpaired) electrons. The quantitative estimate of drug-likeness (QED) is 0.768. The zero-order chi connectivity index (χ0) is 12.6. The van der Waals surface area contributed by atoms with Crippen molar-refractivity contribution in [2.45, 2.75) is 6.42 Å². The third-order valence-corrected chi connectivity index (χ3v) is 2.21. The number of nitrogens with one attached hydrogen (secondary N) is 2. The lowest BCUT2D eigenvalue weighted by Gasteiger charge is -1.97. The smallest absolute Gasteiger partial charge is 0.296 e. The van der Waals surface area contributed by atoms with Gasteiger partial charge in [0, 0.05) is 24.4 Å². The van der Waals surface area contributed by atoms with Crippen molar-refractivity contribution >= 4 is 5.91 Å². The third kappa shape index (κ3) is 3.76. The van der Waals surface area contributed by atoms with Crippen LogP contribution in [0.3, 0.4) is 0 Å². The summed E-state index contributed by atoms with van der Waals surface area (Å²) in [5, 5.41) is 9.13. The van der Waals surface area contributed by atoms with E-state index in [0.29, 0.717) is 13.0 Å². The molecule has 0 atom stereocenters. The number of carbonyl (C=O) groups excluding carboxylic acids is 1. The number of nitrogens with zero attached hydrogens (tertiary/aromatic N) is 2. The molecule has 2 rings (SSSR count). The van der Waals surface area contributed by atoms with Crippen LogP contribution < -0.4 is 5.32 Å². The molecule has 1 heterocycles. The standard InChI is InChI=1S/C13H12N4O/c18-13(7-6-11-4-2-1-3-5-11)14-9-8-12-15-10-16-17-12/h1-5,10H,8-9H2,(H,14,18)(H,15,16,17). The topological polar surface area (TPSA) is 70.7 Å². The molecule has 0 aliphatic heterocycles. The highest BCUT2D eigenvalue weighted by Gasteiger charge is 1.97. The van der Waals surface area contributed by atoms with E-state index in [9.17, 15) is 4.79 Å². The summed E-state index contributed by atoms with van der Waals surface area (Å²) in [7, 11) is 0. The van der Waals surface area contributed by atoms with Gasteiger partial charge in [-0.15, -0.1) is 0 Å². The predicted molar refractivity (Wildman–Crippen MR) is 66.4 cm³/mol. The van der Waals surface area contributed by atoms with E-state index in [0.717, 1.165) is 11.4 Å². The van der Waals surface area contributed by atoms with Crippen LogP contribution in [0.2, 0.25) is 0 Å². The lowest BCUT2D eigenvalue weighted by atomic mass is 10.2. The average molecular weight is 240 g/mol. The van der Waals surface area contributed by atoms with E-state index in [-0.39, 0.29) is 5.91 Å². The highest BCUT2D eigenvalue weighted by molar-refractivity contribution is 5.94. The van der Waals surface area contributed by atoms with Crippen LogP contribution in [0.5, 0.6) is 0 Å². The Kier molecular flexibility index (Phi) is 4.09. The first-order valence-electron chi connectivity index (χ1n) is 5.54. The lowest BCUT2D eigenvalue weighted by molar-refractivity contribution is -0.115. The average Bonchev–Trinajstić information content (AvgIpc) is 2.91. The molecule has 2 N–H and O–H groups in total. The fraction of sp³-hybridized carbons (Fsp3) is 0.154. The molecule has 0 saturated carbocycles. The molecule has 0 saturated heterocycles. The Morgan fingerprint density at radius 1 is 1.33 bits per heavy atom. The van der Waals surface area contributed by atoms with Crippen molar-refractivity contribution in [1.29, 1.82) is 0 Å². The Labute approximate surface area is 105 Å². The van der Waals surface area contributed by atoms with Crippen LogP contribution in [-0.2, 0) is 11.2 Å². The second-order valence-corrected chi connectivity index (χ2v) is 3.55. The Morgan fingerprint density at radius 3 is 2.89 bits per heavy atom. The zero-order valence-electron chi connectivity index (χ0n) is 9.68. The maximum absolute atomic E-state index is 11.4. The highest BCUT2D eigenvalue weighted by atomic mass is 16.1. The van der Waals surface area contributed by atoms with Gasteiger partial charge in [0.05, 0.1) is 0 Å². The number of benzene rings is 1. The Bertz CT molecular complexity index is 552. The first-order chi connectivity index (χ1) is 8.84. The van der Waals surface area contributed by atoms with Gasteiger partial charge < -0.3 is 5.32 Å². The first-order valence-corrected chi connectivity index (χ1v) is 5.54. The maximum atomic E-state index is 11.4. The summed E-state index contributed by atoms with van der Waals surface area (Å²) < 4.78 is 0. The summed E-state index contributed by atoms with van der Waals surface area (Å²) >= 11 is 0. The molecule has 5 nitrogen and oxygen atoms in total. The van der Waals surface area contributed by atoms with Crippen molar-refractivity contribution in [3.8, 4) is 11.8 Å². The van der Waals surface area contributed by atoms with Crippen LogP contribution in [0.15, 0.2) is 36.7 Å². The van der Waals surface area contributed by atoms with E-state index >= 15 is 0 Å².